The topological polar surface area (TPSA) is 50.2 Å². The Balaban J connectivity index is 2.55. The van der Waals surface area contributed by atoms with E-state index in [-0.39, 0.29) is 10.8 Å². The van der Waals surface area contributed by atoms with Gasteiger partial charge in [0.1, 0.15) is 16.7 Å². The first-order chi connectivity index (χ1) is 8.09. The van der Waals surface area contributed by atoms with Gasteiger partial charge in [0.25, 0.3) is 0 Å². The number of aromatic carboxylic acids is 1. The third-order valence-electron chi connectivity index (χ3n) is 2.23. The van der Waals surface area contributed by atoms with E-state index in [4.69, 9.17) is 16.7 Å². The van der Waals surface area contributed by atoms with Crippen LogP contribution in [-0.2, 0) is 0 Å². The second-order valence-electron chi connectivity index (χ2n) is 3.32. The Bertz CT molecular complexity index is 586. The van der Waals surface area contributed by atoms with Crippen LogP contribution in [0, 0.1) is 5.82 Å². The smallest absolute Gasteiger partial charge is 0.354 e. The minimum Gasteiger partial charge on any atom is -0.477 e. The van der Waals surface area contributed by atoms with Crippen molar-refractivity contribution < 1.29 is 14.3 Å². The molecule has 0 bridgehead atoms. The quantitative estimate of drug-likeness (QED) is 0.834. The molecule has 1 aromatic carbocycles. The summed E-state index contributed by atoms with van der Waals surface area (Å²) in [6, 6.07) is 8.81. The van der Waals surface area contributed by atoms with Crippen LogP contribution in [-0.4, -0.2) is 16.1 Å². The van der Waals surface area contributed by atoms with Gasteiger partial charge in [-0.05, 0) is 18.2 Å². The summed E-state index contributed by atoms with van der Waals surface area (Å²) in [7, 11) is 0. The average molecular weight is 252 g/mol. The van der Waals surface area contributed by atoms with Crippen LogP contribution in [0.15, 0.2) is 36.4 Å². The fraction of sp³-hybridized carbons (Fsp3) is 0. The normalized spacial score (nSPS) is 10.2. The van der Waals surface area contributed by atoms with Crippen molar-refractivity contribution in [1.82, 2.24) is 4.98 Å². The van der Waals surface area contributed by atoms with Crippen LogP contribution < -0.4 is 0 Å². The zero-order chi connectivity index (χ0) is 12.4. The van der Waals surface area contributed by atoms with Gasteiger partial charge in [0.15, 0.2) is 0 Å². The standard InChI is InChI=1S/C12H7ClFNO2/c13-11-8(5-6-10(15-11)12(16)17)7-3-1-2-4-9(7)14/h1-6H,(H,16,17). The minimum absolute atomic E-state index is 0.0324. The van der Waals surface area contributed by atoms with Crippen LogP contribution in [0.5, 0.6) is 0 Å². The molecule has 17 heavy (non-hydrogen) atoms. The molecule has 1 N–H and O–H groups in total. The predicted octanol–water partition coefficient (Wildman–Crippen LogP) is 3.24. The fourth-order valence-electron chi connectivity index (χ4n) is 1.43. The molecule has 2 aromatic rings. The highest BCUT2D eigenvalue weighted by molar-refractivity contribution is 6.32. The van der Waals surface area contributed by atoms with Crippen LogP contribution in [0.4, 0.5) is 4.39 Å². The molecule has 0 spiro atoms. The number of carboxylic acids is 1. The van der Waals surface area contributed by atoms with Gasteiger partial charge in [0.05, 0.1) is 0 Å². The number of hydrogen-bond donors (Lipinski definition) is 1. The molecule has 0 amide bonds. The second kappa shape index (κ2) is 4.51. The van der Waals surface area contributed by atoms with Crippen molar-refractivity contribution in [3.63, 3.8) is 0 Å². The number of carbonyl (C=O) groups is 1. The summed E-state index contributed by atoms with van der Waals surface area (Å²) in [5.74, 6) is -1.61. The van der Waals surface area contributed by atoms with E-state index in [0.717, 1.165) is 0 Å². The van der Waals surface area contributed by atoms with Crippen molar-refractivity contribution in [3.05, 3.63) is 53.1 Å². The van der Waals surface area contributed by atoms with Crippen LogP contribution >= 0.6 is 11.6 Å². The molecule has 0 fully saturated rings. The van der Waals surface area contributed by atoms with Gasteiger partial charge in [-0.1, -0.05) is 29.8 Å². The molecule has 0 radical (unpaired) electrons. The maximum Gasteiger partial charge on any atom is 0.354 e. The summed E-state index contributed by atoms with van der Waals surface area (Å²) >= 11 is 5.84. The van der Waals surface area contributed by atoms with E-state index in [9.17, 15) is 9.18 Å². The summed E-state index contributed by atoms with van der Waals surface area (Å²) in [5.41, 5.74) is 0.492. The molecule has 0 unspecified atom stereocenters. The molecule has 2 rings (SSSR count). The van der Waals surface area contributed by atoms with E-state index in [1.54, 1.807) is 18.2 Å². The van der Waals surface area contributed by atoms with Crippen molar-refractivity contribution in [2.45, 2.75) is 0 Å². The lowest BCUT2D eigenvalue weighted by atomic mass is 10.1. The van der Waals surface area contributed by atoms with Crippen molar-refractivity contribution in [2.24, 2.45) is 0 Å². The van der Waals surface area contributed by atoms with Gasteiger partial charge < -0.3 is 5.11 Å². The number of rotatable bonds is 2. The van der Waals surface area contributed by atoms with Crippen LogP contribution in [0.3, 0.4) is 0 Å². The first kappa shape index (κ1) is 11.5. The summed E-state index contributed by atoms with van der Waals surface area (Å²) in [4.78, 5) is 14.4. The van der Waals surface area contributed by atoms with E-state index in [0.29, 0.717) is 11.1 Å². The van der Waals surface area contributed by atoms with Crippen LogP contribution in [0.25, 0.3) is 11.1 Å². The van der Waals surface area contributed by atoms with E-state index in [1.807, 2.05) is 0 Å². The average Bonchev–Trinajstić information content (AvgIpc) is 2.30. The summed E-state index contributed by atoms with van der Waals surface area (Å²) in [6.07, 6.45) is 0. The molecule has 1 heterocycles. The first-order valence-electron chi connectivity index (χ1n) is 4.74. The monoisotopic (exact) mass is 251 g/mol. The Kier molecular flexibility index (Phi) is 3.06. The number of halogens is 2. The van der Waals surface area contributed by atoms with Crippen molar-refractivity contribution in [2.75, 3.05) is 0 Å². The van der Waals surface area contributed by atoms with Gasteiger partial charge in [0.2, 0.25) is 0 Å². The molecule has 1 aromatic heterocycles. The molecular weight excluding hydrogens is 245 g/mol. The third kappa shape index (κ3) is 2.26. The highest BCUT2D eigenvalue weighted by Crippen LogP contribution is 2.28. The van der Waals surface area contributed by atoms with E-state index < -0.39 is 11.8 Å². The second-order valence-corrected chi connectivity index (χ2v) is 3.68. The number of pyridine rings is 1. The number of carboxylic acid groups (broad SMARTS) is 1. The molecule has 3 nitrogen and oxygen atoms in total. The number of nitrogens with zero attached hydrogens (tertiary/aromatic N) is 1. The highest BCUT2D eigenvalue weighted by Gasteiger charge is 2.12. The van der Waals surface area contributed by atoms with Crippen LogP contribution in [0.2, 0.25) is 5.15 Å². The molecule has 0 aliphatic carbocycles. The molecule has 86 valence electrons. The Hall–Kier alpha value is -1.94. The molecular formula is C12H7ClFNO2. The van der Waals surface area contributed by atoms with Crippen molar-refractivity contribution in [1.29, 1.82) is 0 Å². The molecule has 5 heteroatoms. The Morgan fingerprint density at radius 1 is 1.18 bits per heavy atom. The fourth-order valence-corrected chi connectivity index (χ4v) is 1.69. The largest absolute Gasteiger partial charge is 0.477 e. The van der Waals surface area contributed by atoms with Gasteiger partial charge in [0, 0.05) is 11.1 Å². The van der Waals surface area contributed by atoms with Gasteiger partial charge in [-0.15, -0.1) is 0 Å². The SMILES string of the molecule is O=C(O)c1ccc(-c2ccccc2F)c(Cl)n1. The molecule has 0 atom stereocenters. The maximum absolute atomic E-state index is 13.5. The lowest BCUT2D eigenvalue weighted by molar-refractivity contribution is 0.0690. The lowest BCUT2D eigenvalue weighted by Crippen LogP contribution is -2.00. The lowest BCUT2D eigenvalue weighted by Gasteiger charge is -2.05. The molecule has 0 aliphatic rings. The zero-order valence-electron chi connectivity index (χ0n) is 8.52. The van der Waals surface area contributed by atoms with Crippen LogP contribution in [0.1, 0.15) is 10.5 Å². The van der Waals surface area contributed by atoms with Gasteiger partial charge in [-0.25, -0.2) is 14.2 Å². The van der Waals surface area contributed by atoms with Gasteiger partial charge in [-0.2, -0.15) is 0 Å². The van der Waals surface area contributed by atoms with E-state index in [1.165, 1.54) is 18.2 Å². The number of hydrogen-bond acceptors (Lipinski definition) is 2. The predicted molar refractivity (Wildman–Crippen MR) is 61.6 cm³/mol. The first-order valence-corrected chi connectivity index (χ1v) is 5.12. The minimum atomic E-state index is -1.17. The Morgan fingerprint density at radius 2 is 1.88 bits per heavy atom. The van der Waals surface area contributed by atoms with Gasteiger partial charge >= 0.3 is 5.97 Å². The Morgan fingerprint density at radius 3 is 2.47 bits per heavy atom. The maximum atomic E-state index is 13.5. The number of benzene rings is 1. The van der Waals surface area contributed by atoms with Crippen molar-refractivity contribution >= 4 is 17.6 Å². The molecule has 0 saturated carbocycles. The van der Waals surface area contributed by atoms with Gasteiger partial charge in [-0.3, -0.25) is 0 Å². The number of aromatic nitrogens is 1. The summed E-state index contributed by atoms with van der Waals surface area (Å²) in [5, 5.41) is 8.70. The Labute approximate surface area is 101 Å². The summed E-state index contributed by atoms with van der Waals surface area (Å²) in [6.45, 7) is 0. The van der Waals surface area contributed by atoms with E-state index in [2.05, 4.69) is 4.98 Å². The highest BCUT2D eigenvalue weighted by atomic mass is 35.5. The van der Waals surface area contributed by atoms with Crippen molar-refractivity contribution in [3.8, 4) is 11.1 Å². The van der Waals surface area contributed by atoms with E-state index >= 15 is 0 Å². The molecule has 0 saturated heterocycles. The third-order valence-corrected chi connectivity index (χ3v) is 2.52. The molecule has 0 aliphatic heterocycles. The summed E-state index contributed by atoms with van der Waals surface area (Å²) < 4.78 is 13.5. The zero-order valence-corrected chi connectivity index (χ0v) is 9.28.